The van der Waals surface area contributed by atoms with Crippen LogP contribution in [0.5, 0.6) is 0 Å². The molecule has 15 heavy (non-hydrogen) atoms. The Labute approximate surface area is 104 Å². The normalized spacial score (nSPS) is 12.5. The molecule has 0 aliphatic heterocycles. The van der Waals surface area contributed by atoms with E-state index < -0.39 is 3.79 Å². The number of alkyl halides is 3. The molecule has 2 N–H and O–H groups in total. The minimum absolute atomic E-state index is 0.210. The third-order valence-corrected chi connectivity index (χ3v) is 2.34. The van der Waals surface area contributed by atoms with Crippen LogP contribution in [0.25, 0.3) is 0 Å². The van der Waals surface area contributed by atoms with E-state index in [1.54, 1.807) is 4.68 Å². The number of hydrogen-bond acceptors (Lipinski definition) is 3. The highest BCUT2D eigenvalue weighted by Gasteiger charge is 2.32. The van der Waals surface area contributed by atoms with Gasteiger partial charge in [0.15, 0.2) is 0 Å². The molecule has 86 valence electrons. The third kappa shape index (κ3) is 3.21. The Kier molecular flexibility index (Phi) is 4.23. The van der Waals surface area contributed by atoms with E-state index in [0.29, 0.717) is 23.9 Å². The molecule has 1 heterocycles. The van der Waals surface area contributed by atoms with Crippen molar-refractivity contribution in [2.24, 2.45) is 11.7 Å². The Morgan fingerprint density at radius 2 is 2.00 bits per heavy atom. The van der Waals surface area contributed by atoms with Crippen molar-refractivity contribution < 1.29 is 0 Å². The van der Waals surface area contributed by atoms with E-state index in [2.05, 4.69) is 10.3 Å². The van der Waals surface area contributed by atoms with Gasteiger partial charge in [-0.25, -0.2) is 4.68 Å². The van der Waals surface area contributed by atoms with Gasteiger partial charge < -0.3 is 5.73 Å². The van der Waals surface area contributed by atoms with E-state index in [9.17, 15) is 0 Å². The molecule has 0 bridgehead atoms. The molecule has 0 unspecified atom stereocenters. The Morgan fingerprint density at radius 3 is 2.40 bits per heavy atom. The zero-order chi connectivity index (χ0) is 11.6. The molecule has 4 nitrogen and oxygen atoms in total. The number of rotatable bonds is 3. The van der Waals surface area contributed by atoms with Gasteiger partial charge in [-0.15, -0.1) is 5.10 Å². The molecule has 0 aliphatic carbocycles. The molecule has 1 aromatic heterocycles. The van der Waals surface area contributed by atoms with Crippen molar-refractivity contribution in [1.82, 2.24) is 15.0 Å². The lowest BCUT2D eigenvalue weighted by Gasteiger charge is -2.15. The fourth-order valence-electron chi connectivity index (χ4n) is 1.27. The SMILES string of the molecule is CC(C)Cn1nnc(CN)c1C(Cl)(Cl)Cl. The van der Waals surface area contributed by atoms with E-state index >= 15 is 0 Å². The molecule has 0 atom stereocenters. The lowest BCUT2D eigenvalue weighted by Crippen LogP contribution is -2.17. The van der Waals surface area contributed by atoms with Crippen molar-refractivity contribution in [2.75, 3.05) is 0 Å². The fourth-order valence-corrected chi connectivity index (χ4v) is 1.89. The van der Waals surface area contributed by atoms with Crippen molar-refractivity contribution in [2.45, 2.75) is 30.7 Å². The summed E-state index contributed by atoms with van der Waals surface area (Å²) in [7, 11) is 0. The minimum atomic E-state index is -1.53. The molecular weight excluding hydrogens is 258 g/mol. The molecule has 1 rings (SSSR count). The molecule has 0 spiro atoms. The van der Waals surface area contributed by atoms with Crippen molar-refractivity contribution in [1.29, 1.82) is 0 Å². The van der Waals surface area contributed by atoms with Crippen molar-refractivity contribution in [3.8, 4) is 0 Å². The largest absolute Gasteiger partial charge is 0.325 e. The first-order chi connectivity index (χ1) is 6.86. The highest BCUT2D eigenvalue weighted by Crippen LogP contribution is 2.39. The monoisotopic (exact) mass is 270 g/mol. The van der Waals surface area contributed by atoms with Gasteiger partial charge in [0, 0.05) is 13.1 Å². The van der Waals surface area contributed by atoms with Crippen LogP contribution in [0.15, 0.2) is 0 Å². The van der Waals surface area contributed by atoms with E-state index in [4.69, 9.17) is 40.5 Å². The van der Waals surface area contributed by atoms with Crippen molar-refractivity contribution in [3.05, 3.63) is 11.4 Å². The summed E-state index contributed by atoms with van der Waals surface area (Å²) in [6.07, 6.45) is 0. The highest BCUT2D eigenvalue weighted by atomic mass is 35.6. The maximum atomic E-state index is 5.85. The van der Waals surface area contributed by atoms with Crippen LogP contribution >= 0.6 is 34.8 Å². The molecule has 0 radical (unpaired) electrons. The van der Waals surface area contributed by atoms with Gasteiger partial charge in [0.25, 0.3) is 0 Å². The summed E-state index contributed by atoms with van der Waals surface area (Å²) in [6, 6.07) is 0. The molecule has 1 aromatic rings. The average molecular weight is 272 g/mol. The van der Waals surface area contributed by atoms with Crippen LogP contribution in [0, 0.1) is 5.92 Å². The first-order valence-corrected chi connectivity index (χ1v) is 5.69. The second-order valence-corrected chi connectivity index (χ2v) is 5.94. The second-order valence-electron chi connectivity index (χ2n) is 3.66. The van der Waals surface area contributed by atoms with E-state index in [0.717, 1.165) is 0 Å². The number of nitrogens with two attached hydrogens (primary N) is 1. The van der Waals surface area contributed by atoms with Crippen LogP contribution < -0.4 is 5.73 Å². The minimum Gasteiger partial charge on any atom is -0.325 e. The van der Waals surface area contributed by atoms with E-state index in [1.165, 1.54) is 0 Å². The molecule has 7 heteroatoms. The summed E-state index contributed by atoms with van der Waals surface area (Å²) in [5.74, 6) is 0.392. The maximum Gasteiger partial charge on any atom is 0.234 e. The molecule has 0 saturated carbocycles. The molecule has 0 aliphatic rings. The van der Waals surface area contributed by atoms with Crippen molar-refractivity contribution >= 4 is 34.8 Å². The highest BCUT2D eigenvalue weighted by molar-refractivity contribution is 6.66. The van der Waals surface area contributed by atoms with Gasteiger partial charge in [0.05, 0.1) is 0 Å². The third-order valence-electron chi connectivity index (χ3n) is 1.80. The molecule has 0 fully saturated rings. The Bertz CT molecular complexity index is 329. The lowest BCUT2D eigenvalue weighted by atomic mass is 10.2. The number of hydrogen-bond donors (Lipinski definition) is 1. The quantitative estimate of drug-likeness (QED) is 0.858. The fraction of sp³-hybridized carbons (Fsp3) is 0.750. The van der Waals surface area contributed by atoms with E-state index in [-0.39, 0.29) is 6.54 Å². The Balaban J connectivity index is 3.12. The van der Waals surface area contributed by atoms with Crippen LogP contribution in [0.3, 0.4) is 0 Å². The zero-order valence-electron chi connectivity index (χ0n) is 8.54. The van der Waals surface area contributed by atoms with Crippen LogP contribution in [0.1, 0.15) is 25.2 Å². The zero-order valence-corrected chi connectivity index (χ0v) is 10.8. The standard InChI is InChI=1S/C8H13Cl3N4/c1-5(2)4-15-7(8(9,10)11)6(3-12)13-14-15/h5H,3-4,12H2,1-2H3. The first-order valence-electron chi connectivity index (χ1n) is 4.56. The summed E-state index contributed by atoms with van der Waals surface area (Å²) >= 11 is 17.5. The van der Waals surface area contributed by atoms with Crippen LogP contribution in [0.4, 0.5) is 0 Å². The van der Waals surface area contributed by atoms with Gasteiger partial charge in [-0.2, -0.15) is 0 Å². The summed E-state index contributed by atoms with van der Waals surface area (Å²) < 4.78 is 0.0625. The van der Waals surface area contributed by atoms with Crippen molar-refractivity contribution in [3.63, 3.8) is 0 Å². The maximum absolute atomic E-state index is 5.85. The second kappa shape index (κ2) is 4.87. The van der Waals surface area contributed by atoms with Gasteiger partial charge in [-0.1, -0.05) is 53.9 Å². The van der Waals surface area contributed by atoms with Gasteiger partial charge in [-0.05, 0) is 5.92 Å². The molecule has 0 aromatic carbocycles. The first kappa shape index (κ1) is 13.0. The molecule has 0 saturated heterocycles. The van der Waals surface area contributed by atoms with Crippen LogP contribution in [0.2, 0.25) is 0 Å². The van der Waals surface area contributed by atoms with Crippen LogP contribution in [-0.2, 0) is 16.9 Å². The van der Waals surface area contributed by atoms with Gasteiger partial charge in [0.1, 0.15) is 11.4 Å². The topological polar surface area (TPSA) is 56.7 Å². The van der Waals surface area contributed by atoms with E-state index in [1.807, 2.05) is 13.8 Å². The van der Waals surface area contributed by atoms with Gasteiger partial charge >= 0.3 is 0 Å². The predicted molar refractivity (Wildman–Crippen MR) is 62.0 cm³/mol. The average Bonchev–Trinajstić information content (AvgIpc) is 2.45. The van der Waals surface area contributed by atoms with Crippen LogP contribution in [-0.4, -0.2) is 15.0 Å². The number of aromatic nitrogens is 3. The smallest absolute Gasteiger partial charge is 0.234 e. The number of halogens is 3. The molecule has 0 amide bonds. The predicted octanol–water partition coefficient (Wildman–Crippen LogP) is 2.22. The summed E-state index contributed by atoms with van der Waals surface area (Å²) in [5.41, 5.74) is 6.49. The lowest BCUT2D eigenvalue weighted by molar-refractivity contribution is 0.460. The summed E-state index contributed by atoms with van der Waals surface area (Å²) in [5, 5.41) is 7.82. The van der Waals surface area contributed by atoms with Gasteiger partial charge in [-0.3, -0.25) is 0 Å². The number of nitrogens with zero attached hydrogens (tertiary/aromatic N) is 3. The summed E-state index contributed by atoms with van der Waals surface area (Å²) in [6.45, 7) is 4.95. The Morgan fingerprint density at radius 1 is 1.40 bits per heavy atom. The molecular formula is C8H13Cl3N4. The van der Waals surface area contributed by atoms with Gasteiger partial charge in [0.2, 0.25) is 3.79 Å². The summed E-state index contributed by atoms with van der Waals surface area (Å²) in [4.78, 5) is 0. The Hall–Kier alpha value is -0.0300.